The van der Waals surface area contributed by atoms with Gasteiger partial charge in [-0.25, -0.2) is 0 Å². The van der Waals surface area contributed by atoms with Crippen LogP contribution in [0.15, 0.2) is 23.1 Å². The van der Waals surface area contributed by atoms with Gasteiger partial charge in [0.25, 0.3) is 0 Å². The predicted molar refractivity (Wildman–Crippen MR) is 118 cm³/mol. The van der Waals surface area contributed by atoms with E-state index in [4.69, 9.17) is 0 Å². The zero-order valence-corrected chi connectivity index (χ0v) is 18.9. The molecule has 148 valence electrons. The van der Waals surface area contributed by atoms with Gasteiger partial charge in [0.2, 0.25) is 0 Å². The fourth-order valence-electron chi connectivity index (χ4n) is 4.18. The van der Waals surface area contributed by atoms with Crippen LogP contribution in [-0.4, -0.2) is 46.5 Å². The molecule has 0 aromatic heterocycles. The summed E-state index contributed by atoms with van der Waals surface area (Å²) in [6.07, 6.45) is 6.18. The lowest BCUT2D eigenvalue weighted by Crippen LogP contribution is -2.29. The van der Waals surface area contributed by atoms with E-state index in [1.807, 2.05) is 13.8 Å². The molecule has 0 saturated carbocycles. The summed E-state index contributed by atoms with van der Waals surface area (Å²) in [6, 6.07) is 7.45. The number of rotatable bonds is 6. The molecule has 3 unspecified atom stereocenters. The van der Waals surface area contributed by atoms with Crippen LogP contribution in [0.5, 0.6) is 0 Å². The van der Waals surface area contributed by atoms with Crippen molar-refractivity contribution in [2.75, 3.05) is 31.4 Å². The zero-order valence-electron chi connectivity index (χ0n) is 17.3. The van der Waals surface area contributed by atoms with Gasteiger partial charge < -0.3 is 4.90 Å². The number of hydrogen-bond acceptors (Lipinski definition) is 3. The van der Waals surface area contributed by atoms with Gasteiger partial charge in [0, 0.05) is 16.7 Å². The van der Waals surface area contributed by atoms with Crippen molar-refractivity contribution in [3.05, 3.63) is 29.3 Å². The summed E-state index contributed by atoms with van der Waals surface area (Å²) in [5.41, 5.74) is 2.89. The second kappa shape index (κ2) is 10.9. The van der Waals surface area contributed by atoms with Gasteiger partial charge in [-0.15, -0.1) is 0 Å². The number of hydrogen-bond donors (Lipinski definition) is 0. The highest BCUT2D eigenvalue weighted by Crippen LogP contribution is 2.40. The Kier molecular flexibility index (Phi) is 9.19. The van der Waals surface area contributed by atoms with Crippen LogP contribution in [0.2, 0.25) is 0 Å². The highest BCUT2D eigenvalue weighted by Gasteiger charge is 2.31. The van der Waals surface area contributed by atoms with E-state index in [1.165, 1.54) is 48.3 Å². The molecule has 1 aromatic rings. The Morgan fingerprint density at radius 2 is 1.92 bits per heavy atom. The molecular formula is C22H37NOS2. The minimum atomic E-state index is -0.797. The minimum absolute atomic E-state index is 0.470. The summed E-state index contributed by atoms with van der Waals surface area (Å²) in [4.78, 5) is 3.47. The van der Waals surface area contributed by atoms with Gasteiger partial charge in [-0.3, -0.25) is 4.21 Å². The van der Waals surface area contributed by atoms with E-state index in [0.29, 0.717) is 17.9 Å². The van der Waals surface area contributed by atoms with Crippen LogP contribution in [0.3, 0.4) is 0 Å². The van der Waals surface area contributed by atoms with Crippen molar-refractivity contribution in [2.24, 2.45) is 0 Å². The first kappa shape index (κ1) is 22.0. The van der Waals surface area contributed by atoms with Crippen molar-refractivity contribution in [2.45, 2.75) is 75.6 Å². The standard InChI is InChI=1S/C20H31NOS2.C2H6/c1-4-5-18(21(2)3)12-17-14-24(22)20-7-6-16(13-19(17)20)15-8-10-23-11-9-15;1-2/h6-7,13,15,17-18H,4-5,8-12,14H2,1-3H3;1-2H3. The van der Waals surface area contributed by atoms with Crippen LogP contribution >= 0.6 is 11.8 Å². The molecule has 1 aromatic carbocycles. The van der Waals surface area contributed by atoms with Crippen LogP contribution in [0.1, 0.15) is 75.8 Å². The normalized spacial score (nSPS) is 24.1. The Hall–Kier alpha value is -0.320. The van der Waals surface area contributed by atoms with Gasteiger partial charge in [-0.2, -0.15) is 11.8 Å². The monoisotopic (exact) mass is 395 g/mol. The molecule has 0 radical (unpaired) electrons. The van der Waals surface area contributed by atoms with Gasteiger partial charge >= 0.3 is 0 Å². The van der Waals surface area contributed by atoms with Gasteiger partial charge in [-0.1, -0.05) is 39.3 Å². The van der Waals surface area contributed by atoms with Crippen LogP contribution in [0, 0.1) is 0 Å². The van der Waals surface area contributed by atoms with Gasteiger partial charge in [0.05, 0.1) is 10.8 Å². The van der Waals surface area contributed by atoms with E-state index in [-0.39, 0.29) is 0 Å². The second-order valence-corrected chi connectivity index (χ2v) is 10.2. The van der Waals surface area contributed by atoms with E-state index in [2.05, 4.69) is 55.9 Å². The largest absolute Gasteiger partial charge is 0.306 e. The summed E-state index contributed by atoms with van der Waals surface area (Å²) in [5.74, 6) is 4.59. The highest BCUT2D eigenvalue weighted by molar-refractivity contribution is 7.99. The van der Waals surface area contributed by atoms with E-state index in [0.717, 1.165) is 17.1 Å². The number of nitrogens with zero attached hydrogens (tertiary/aromatic N) is 1. The molecular weight excluding hydrogens is 358 g/mol. The van der Waals surface area contributed by atoms with Crippen LogP contribution in [0.25, 0.3) is 0 Å². The third kappa shape index (κ3) is 5.36. The van der Waals surface area contributed by atoms with E-state index < -0.39 is 10.8 Å². The highest BCUT2D eigenvalue weighted by atomic mass is 32.2. The van der Waals surface area contributed by atoms with Crippen molar-refractivity contribution in [1.29, 1.82) is 0 Å². The van der Waals surface area contributed by atoms with Crippen molar-refractivity contribution in [3.63, 3.8) is 0 Å². The van der Waals surface area contributed by atoms with Crippen LogP contribution < -0.4 is 0 Å². The third-order valence-electron chi connectivity index (χ3n) is 5.67. The van der Waals surface area contributed by atoms with Gasteiger partial charge in [0.1, 0.15) is 0 Å². The summed E-state index contributed by atoms with van der Waals surface area (Å²) < 4.78 is 12.6. The lowest BCUT2D eigenvalue weighted by Gasteiger charge is -2.27. The summed E-state index contributed by atoms with van der Waals surface area (Å²) in [7, 11) is 3.57. The number of benzene rings is 1. The van der Waals surface area contributed by atoms with E-state index in [1.54, 1.807) is 0 Å². The molecule has 2 aliphatic heterocycles. The predicted octanol–water partition coefficient (Wildman–Crippen LogP) is 5.65. The maximum Gasteiger partial charge on any atom is 0.0538 e. The summed E-state index contributed by atoms with van der Waals surface area (Å²) in [5, 5.41) is 0. The van der Waals surface area contributed by atoms with Crippen molar-refractivity contribution < 1.29 is 4.21 Å². The number of fused-ring (bicyclic) bond motifs is 1. The molecule has 2 aliphatic rings. The van der Waals surface area contributed by atoms with Crippen LogP contribution in [0.4, 0.5) is 0 Å². The Morgan fingerprint density at radius 3 is 2.54 bits per heavy atom. The summed E-state index contributed by atoms with van der Waals surface area (Å²) in [6.45, 7) is 6.26. The Morgan fingerprint density at radius 1 is 1.23 bits per heavy atom. The first-order chi connectivity index (χ1) is 12.6. The van der Waals surface area contributed by atoms with Gasteiger partial charge in [0.15, 0.2) is 0 Å². The average Bonchev–Trinajstić information content (AvgIpc) is 2.99. The molecule has 0 spiro atoms. The zero-order chi connectivity index (χ0) is 19.1. The molecule has 26 heavy (non-hydrogen) atoms. The van der Waals surface area contributed by atoms with Crippen LogP contribution in [-0.2, 0) is 10.8 Å². The Labute approximate surface area is 168 Å². The maximum absolute atomic E-state index is 12.6. The van der Waals surface area contributed by atoms with Crippen molar-refractivity contribution in [3.8, 4) is 0 Å². The molecule has 3 atom stereocenters. The fourth-order valence-corrected chi connectivity index (χ4v) is 6.86. The SMILES string of the molecule is CC.CCCC(CC1CS(=O)c2ccc(C3CCSCC3)cc21)N(C)C. The van der Waals surface area contributed by atoms with E-state index in [9.17, 15) is 4.21 Å². The molecule has 0 amide bonds. The Balaban J connectivity index is 0.00000117. The van der Waals surface area contributed by atoms with Gasteiger partial charge in [-0.05, 0) is 80.3 Å². The molecule has 4 heteroatoms. The van der Waals surface area contributed by atoms with Crippen molar-refractivity contribution in [1.82, 2.24) is 4.90 Å². The maximum atomic E-state index is 12.6. The van der Waals surface area contributed by atoms with Crippen molar-refractivity contribution >= 4 is 22.6 Å². The lowest BCUT2D eigenvalue weighted by atomic mass is 9.87. The molecule has 0 N–H and O–H groups in total. The number of thioether (sulfide) groups is 1. The Bertz CT molecular complexity index is 582. The molecule has 1 fully saturated rings. The third-order valence-corrected chi connectivity index (χ3v) is 8.29. The first-order valence-corrected chi connectivity index (χ1v) is 12.8. The minimum Gasteiger partial charge on any atom is -0.306 e. The molecule has 0 bridgehead atoms. The quantitative estimate of drug-likeness (QED) is 0.621. The molecule has 2 nitrogen and oxygen atoms in total. The molecule has 2 heterocycles. The average molecular weight is 396 g/mol. The molecule has 1 saturated heterocycles. The topological polar surface area (TPSA) is 20.3 Å². The molecule has 0 aliphatic carbocycles. The molecule has 3 rings (SSSR count). The summed E-state index contributed by atoms with van der Waals surface area (Å²) >= 11 is 2.08. The first-order valence-electron chi connectivity index (χ1n) is 10.4. The fraction of sp³-hybridized carbons (Fsp3) is 0.727. The smallest absolute Gasteiger partial charge is 0.0538 e. The lowest BCUT2D eigenvalue weighted by molar-refractivity contribution is 0.252. The van der Waals surface area contributed by atoms with E-state index >= 15 is 0 Å². The second-order valence-electron chi connectivity index (χ2n) is 7.53.